The number of nitrogens with zero attached hydrogens (tertiary/aromatic N) is 1. The van der Waals surface area contributed by atoms with Gasteiger partial charge in [0, 0.05) is 5.38 Å². The number of hydrogen-bond acceptors (Lipinski definition) is 4. The number of benzene rings is 1. The first kappa shape index (κ1) is 12.1. The third-order valence-electron chi connectivity index (χ3n) is 2.22. The van der Waals surface area contributed by atoms with E-state index in [-0.39, 0.29) is 4.90 Å². The van der Waals surface area contributed by atoms with Crippen LogP contribution in [0.3, 0.4) is 0 Å². The van der Waals surface area contributed by atoms with Gasteiger partial charge in [0.25, 0.3) is 10.0 Å². The SMILES string of the molecule is Cc1csc(NS(=O)(=O)c2ccccc2C)n1. The van der Waals surface area contributed by atoms with Crippen LogP contribution in [-0.2, 0) is 10.0 Å². The maximum absolute atomic E-state index is 12.1. The molecule has 0 saturated carbocycles. The van der Waals surface area contributed by atoms with E-state index in [0.29, 0.717) is 10.7 Å². The Labute approximate surface area is 104 Å². The molecule has 0 radical (unpaired) electrons. The van der Waals surface area contributed by atoms with Crippen LogP contribution in [0.25, 0.3) is 0 Å². The van der Waals surface area contributed by atoms with Crippen LogP contribution in [0.15, 0.2) is 34.5 Å². The molecule has 1 aromatic heterocycles. The molecule has 4 nitrogen and oxygen atoms in total. The van der Waals surface area contributed by atoms with E-state index in [4.69, 9.17) is 0 Å². The van der Waals surface area contributed by atoms with Gasteiger partial charge >= 0.3 is 0 Å². The number of anilines is 1. The first-order valence-corrected chi connectivity index (χ1v) is 7.36. The second-order valence-electron chi connectivity index (χ2n) is 3.67. The molecule has 1 heterocycles. The van der Waals surface area contributed by atoms with E-state index in [1.54, 1.807) is 30.5 Å². The predicted molar refractivity (Wildman–Crippen MR) is 68.8 cm³/mol. The third kappa shape index (κ3) is 2.65. The number of aromatic nitrogens is 1. The zero-order valence-corrected chi connectivity index (χ0v) is 11.1. The zero-order valence-electron chi connectivity index (χ0n) is 9.47. The Morgan fingerprint density at radius 3 is 2.53 bits per heavy atom. The largest absolute Gasteiger partial charge is 0.263 e. The fourth-order valence-corrected chi connectivity index (χ4v) is 3.62. The van der Waals surface area contributed by atoms with E-state index in [1.807, 2.05) is 13.0 Å². The summed E-state index contributed by atoms with van der Waals surface area (Å²) in [5, 5.41) is 2.20. The second-order valence-corrected chi connectivity index (χ2v) is 6.17. The van der Waals surface area contributed by atoms with Crippen LogP contribution in [0, 0.1) is 13.8 Å². The molecule has 90 valence electrons. The highest BCUT2D eigenvalue weighted by molar-refractivity contribution is 7.93. The summed E-state index contributed by atoms with van der Waals surface area (Å²) in [5.41, 5.74) is 1.52. The molecule has 0 atom stereocenters. The highest BCUT2D eigenvalue weighted by Gasteiger charge is 2.17. The lowest BCUT2D eigenvalue weighted by atomic mass is 10.2. The zero-order chi connectivity index (χ0) is 12.5. The van der Waals surface area contributed by atoms with Gasteiger partial charge < -0.3 is 0 Å². The van der Waals surface area contributed by atoms with Gasteiger partial charge in [0.1, 0.15) is 0 Å². The van der Waals surface area contributed by atoms with Gasteiger partial charge in [0.2, 0.25) is 0 Å². The van der Waals surface area contributed by atoms with Crippen LogP contribution in [0.4, 0.5) is 5.13 Å². The van der Waals surface area contributed by atoms with E-state index in [1.165, 1.54) is 11.3 Å². The molecule has 2 rings (SSSR count). The Hall–Kier alpha value is -1.40. The van der Waals surface area contributed by atoms with Gasteiger partial charge in [-0.25, -0.2) is 13.4 Å². The van der Waals surface area contributed by atoms with E-state index in [2.05, 4.69) is 9.71 Å². The summed E-state index contributed by atoms with van der Waals surface area (Å²) in [4.78, 5) is 4.36. The van der Waals surface area contributed by atoms with E-state index in [0.717, 1.165) is 5.69 Å². The van der Waals surface area contributed by atoms with Crippen molar-refractivity contribution in [2.45, 2.75) is 18.7 Å². The smallest absolute Gasteiger partial charge is 0.255 e. The molecular formula is C11H12N2O2S2. The number of aryl methyl sites for hydroxylation is 2. The number of sulfonamides is 1. The predicted octanol–water partition coefficient (Wildman–Crippen LogP) is 2.56. The topological polar surface area (TPSA) is 59.1 Å². The Morgan fingerprint density at radius 1 is 1.24 bits per heavy atom. The van der Waals surface area contributed by atoms with Gasteiger partial charge in [-0.2, -0.15) is 0 Å². The molecule has 0 fully saturated rings. The molecule has 17 heavy (non-hydrogen) atoms. The summed E-state index contributed by atoms with van der Waals surface area (Å²) < 4.78 is 26.7. The molecule has 6 heteroatoms. The van der Waals surface area contributed by atoms with E-state index in [9.17, 15) is 8.42 Å². The van der Waals surface area contributed by atoms with Gasteiger partial charge in [0.15, 0.2) is 5.13 Å². The standard InChI is InChI=1S/C11H12N2O2S2/c1-8-5-3-4-6-10(8)17(14,15)13-11-12-9(2)7-16-11/h3-7H,1-2H3,(H,12,13). The molecule has 0 saturated heterocycles. The summed E-state index contributed by atoms with van der Waals surface area (Å²) in [6.07, 6.45) is 0. The van der Waals surface area contributed by atoms with Gasteiger partial charge in [0.05, 0.1) is 10.6 Å². The maximum atomic E-state index is 12.1. The monoisotopic (exact) mass is 268 g/mol. The average molecular weight is 268 g/mol. The van der Waals surface area contributed by atoms with Gasteiger partial charge in [-0.1, -0.05) is 18.2 Å². The van der Waals surface area contributed by atoms with Crippen LogP contribution in [-0.4, -0.2) is 13.4 Å². The van der Waals surface area contributed by atoms with Crippen molar-refractivity contribution in [1.29, 1.82) is 0 Å². The number of nitrogens with one attached hydrogen (secondary N) is 1. The summed E-state index contributed by atoms with van der Waals surface area (Å²) in [6, 6.07) is 6.86. The van der Waals surface area contributed by atoms with Crippen molar-refractivity contribution < 1.29 is 8.42 Å². The average Bonchev–Trinajstić information content (AvgIpc) is 2.63. The summed E-state index contributed by atoms with van der Waals surface area (Å²) >= 11 is 1.28. The minimum absolute atomic E-state index is 0.285. The highest BCUT2D eigenvalue weighted by atomic mass is 32.2. The quantitative estimate of drug-likeness (QED) is 0.930. The first-order chi connectivity index (χ1) is 7.99. The van der Waals surface area contributed by atoms with E-state index < -0.39 is 10.0 Å². The van der Waals surface area contributed by atoms with Crippen molar-refractivity contribution in [3.8, 4) is 0 Å². The van der Waals surface area contributed by atoms with E-state index >= 15 is 0 Å². The number of hydrogen-bond donors (Lipinski definition) is 1. The van der Waals surface area contributed by atoms with Crippen molar-refractivity contribution in [3.63, 3.8) is 0 Å². The lowest BCUT2D eigenvalue weighted by Crippen LogP contribution is -2.13. The Bertz CT molecular complexity index is 632. The summed E-state index contributed by atoms with van der Waals surface area (Å²) in [7, 11) is -3.53. The fraction of sp³-hybridized carbons (Fsp3) is 0.182. The van der Waals surface area contributed by atoms with Crippen LogP contribution < -0.4 is 4.72 Å². The third-order valence-corrected chi connectivity index (χ3v) is 4.73. The first-order valence-electron chi connectivity index (χ1n) is 4.99. The molecule has 0 amide bonds. The fourth-order valence-electron chi connectivity index (χ4n) is 1.43. The van der Waals surface area contributed by atoms with Crippen LogP contribution in [0.5, 0.6) is 0 Å². The number of rotatable bonds is 3. The molecule has 0 bridgehead atoms. The van der Waals surface area contributed by atoms with Crippen molar-refractivity contribution in [1.82, 2.24) is 4.98 Å². The van der Waals surface area contributed by atoms with Gasteiger partial charge in [-0.15, -0.1) is 11.3 Å². The normalized spacial score (nSPS) is 11.4. The van der Waals surface area contributed by atoms with Crippen LogP contribution in [0.1, 0.15) is 11.3 Å². The molecule has 2 aromatic rings. The minimum Gasteiger partial charge on any atom is -0.255 e. The van der Waals surface area contributed by atoms with Crippen molar-refractivity contribution in [2.24, 2.45) is 0 Å². The molecule has 0 spiro atoms. The molecule has 1 aromatic carbocycles. The second kappa shape index (κ2) is 4.46. The number of thiazole rings is 1. The summed E-state index contributed by atoms with van der Waals surface area (Å²) in [5.74, 6) is 0. The Balaban J connectivity index is 2.35. The molecular weight excluding hydrogens is 256 g/mol. The minimum atomic E-state index is -3.53. The van der Waals surface area contributed by atoms with Crippen molar-refractivity contribution >= 4 is 26.5 Å². The molecule has 0 aliphatic heterocycles. The lowest BCUT2D eigenvalue weighted by molar-refractivity contribution is 0.600. The molecule has 1 N–H and O–H groups in total. The maximum Gasteiger partial charge on any atom is 0.263 e. The highest BCUT2D eigenvalue weighted by Crippen LogP contribution is 2.21. The van der Waals surface area contributed by atoms with Gasteiger partial charge in [-0.3, -0.25) is 4.72 Å². The Morgan fingerprint density at radius 2 is 1.94 bits per heavy atom. The molecule has 0 unspecified atom stereocenters. The molecule has 0 aliphatic rings. The van der Waals surface area contributed by atoms with Crippen molar-refractivity contribution in [3.05, 3.63) is 40.9 Å². The molecule has 0 aliphatic carbocycles. The summed E-state index contributed by atoms with van der Waals surface area (Å²) in [6.45, 7) is 3.59. The van der Waals surface area contributed by atoms with Gasteiger partial charge in [-0.05, 0) is 25.5 Å². The Kier molecular flexibility index (Phi) is 3.17. The van der Waals surface area contributed by atoms with Crippen LogP contribution >= 0.6 is 11.3 Å². The van der Waals surface area contributed by atoms with Crippen molar-refractivity contribution in [2.75, 3.05) is 4.72 Å². The van der Waals surface area contributed by atoms with Crippen LogP contribution in [0.2, 0.25) is 0 Å². The lowest BCUT2D eigenvalue weighted by Gasteiger charge is -2.07.